The van der Waals surface area contributed by atoms with Gasteiger partial charge in [-0.25, -0.2) is 0 Å². The summed E-state index contributed by atoms with van der Waals surface area (Å²) in [5.41, 5.74) is 0. The molecule has 1 atom stereocenters. The van der Waals surface area contributed by atoms with Crippen molar-refractivity contribution in [3.8, 4) is 0 Å². The van der Waals surface area contributed by atoms with Gasteiger partial charge in [0.25, 0.3) is 0 Å². The third-order valence-corrected chi connectivity index (χ3v) is 6.84. The molecule has 1 aliphatic heterocycles. The molecule has 3 fully saturated rings. The standard InChI is InChI=1S/C22H35N3O3/c26-22(18-9-3-1-2-4-10-18)25-13-11-19(15-25)21-23-20(24-28-21)12-14-27-16-17-7-5-6-8-17/h17-19H,1-16H2. The minimum atomic E-state index is 0.190. The first kappa shape index (κ1) is 19.9. The molecule has 4 rings (SSSR count). The summed E-state index contributed by atoms with van der Waals surface area (Å²) in [5, 5.41) is 4.13. The lowest BCUT2D eigenvalue weighted by Crippen LogP contribution is -2.34. The number of hydrogen-bond acceptors (Lipinski definition) is 5. The van der Waals surface area contributed by atoms with Crippen LogP contribution in [-0.2, 0) is 16.0 Å². The van der Waals surface area contributed by atoms with Gasteiger partial charge in [0, 0.05) is 32.0 Å². The molecule has 2 aliphatic carbocycles. The zero-order chi connectivity index (χ0) is 19.2. The van der Waals surface area contributed by atoms with Crippen LogP contribution < -0.4 is 0 Å². The van der Waals surface area contributed by atoms with Crippen molar-refractivity contribution in [2.45, 2.75) is 83.0 Å². The number of carbonyl (C=O) groups excluding carboxylic acids is 1. The van der Waals surface area contributed by atoms with Crippen LogP contribution in [0.15, 0.2) is 4.52 Å². The van der Waals surface area contributed by atoms with Crippen molar-refractivity contribution in [3.05, 3.63) is 11.7 Å². The Morgan fingerprint density at radius 2 is 1.79 bits per heavy atom. The van der Waals surface area contributed by atoms with E-state index in [4.69, 9.17) is 9.26 Å². The van der Waals surface area contributed by atoms with Crippen LogP contribution in [0.4, 0.5) is 0 Å². The second kappa shape index (κ2) is 9.86. The van der Waals surface area contributed by atoms with Gasteiger partial charge in [0.2, 0.25) is 11.8 Å². The molecule has 0 N–H and O–H groups in total. The number of nitrogens with zero attached hydrogens (tertiary/aromatic N) is 3. The van der Waals surface area contributed by atoms with Crippen LogP contribution in [0, 0.1) is 11.8 Å². The van der Waals surface area contributed by atoms with Gasteiger partial charge < -0.3 is 14.2 Å². The van der Waals surface area contributed by atoms with Crippen molar-refractivity contribution in [3.63, 3.8) is 0 Å². The van der Waals surface area contributed by atoms with Crippen molar-refractivity contribution >= 4 is 5.91 Å². The maximum Gasteiger partial charge on any atom is 0.231 e. The zero-order valence-electron chi connectivity index (χ0n) is 17.1. The predicted molar refractivity (Wildman–Crippen MR) is 106 cm³/mol. The Labute approximate surface area is 168 Å². The highest BCUT2D eigenvalue weighted by atomic mass is 16.5. The first-order valence-electron chi connectivity index (χ1n) is 11.5. The fraction of sp³-hybridized carbons (Fsp3) is 0.864. The van der Waals surface area contributed by atoms with Gasteiger partial charge in [0.1, 0.15) is 0 Å². The maximum absolute atomic E-state index is 12.9. The van der Waals surface area contributed by atoms with Crippen LogP contribution in [0.2, 0.25) is 0 Å². The molecule has 0 radical (unpaired) electrons. The normalized spacial score (nSPS) is 24.7. The molecule has 28 heavy (non-hydrogen) atoms. The van der Waals surface area contributed by atoms with Crippen molar-refractivity contribution < 1.29 is 14.1 Å². The van der Waals surface area contributed by atoms with Crippen molar-refractivity contribution in [1.29, 1.82) is 0 Å². The van der Waals surface area contributed by atoms with Crippen LogP contribution >= 0.6 is 0 Å². The van der Waals surface area contributed by atoms with Gasteiger partial charge in [-0.15, -0.1) is 0 Å². The molecule has 156 valence electrons. The zero-order valence-corrected chi connectivity index (χ0v) is 17.1. The highest BCUT2D eigenvalue weighted by Gasteiger charge is 2.34. The minimum absolute atomic E-state index is 0.190. The van der Waals surface area contributed by atoms with Gasteiger partial charge in [-0.1, -0.05) is 43.7 Å². The number of amides is 1. The SMILES string of the molecule is O=C(C1CCCCCC1)N1CCC(c2nc(CCOCC3CCCC3)no2)C1. The fourth-order valence-electron chi connectivity index (χ4n) is 5.07. The average molecular weight is 390 g/mol. The van der Waals surface area contributed by atoms with Crippen LogP contribution in [0.25, 0.3) is 0 Å². The van der Waals surface area contributed by atoms with E-state index >= 15 is 0 Å². The van der Waals surface area contributed by atoms with E-state index in [2.05, 4.69) is 10.1 Å². The monoisotopic (exact) mass is 389 g/mol. The lowest BCUT2D eigenvalue weighted by atomic mass is 9.99. The molecule has 2 saturated carbocycles. The minimum Gasteiger partial charge on any atom is -0.381 e. The highest BCUT2D eigenvalue weighted by Crippen LogP contribution is 2.30. The van der Waals surface area contributed by atoms with E-state index in [1.54, 1.807) is 0 Å². The topological polar surface area (TPSA) is 68.5 Å². The summed E-state index contributed by atoms with van der Waals surface area (Å²) in [6.45, 7) is 3.08. The van der Waals surface area contributed by atoms with Gasteiger partial charge in [0.15, 0.2) is 5.82 Å². The quantitative estimate of drug-likeness (QED) is 0.519. The van der Waals surface area contributed by atoms with Crippen LogP contribution in [0.3, 0.4) is 0 Å². The molecule has 3 aliphatic rings. The molecular weight excluding hydrogens is 354 g/mol. The summed E-state index contributed by atoms with van der Waals surface area (Å²) in [4.78, 5) is 19.5. The molecule has 6 nitrogen and oxygen atoms in total. The maximum atomic E-state index is 12.9. The van der Waals surface area contributed by atoms with E-state index in [9.17, 15) is 4.79 Å². The molecule has 1 saturated heterocycles. The van der Waals surface area contributed by atoms with E-state index < -0.39 is 0 Å². The lowest BCUT2D eigenvalue weighted by Gasteiger charge is -2.22. The molecule has 0 aromatic carbocycles. The predicted octanol–water partition coefficient (Wildman–Crippen LogP) is 4.11. The first-order chi connectivity index (χ1) is 13.8. The molecule has 1 aromatic rings. The second-order valence-corrected chi connectivity index (χ2v) is 8.98. The Kier molecular flexibility index (Phi) is 7.00. The summed E-state index contributed by atoms with van der Waals surface area (Å²) in [6, 6.07) is 0. The van der Waals surface area contributed by atoms with Gasteiger partial charge in [0.05, 0.1) is 12.5 Å². The van der Waals surface area contributed by atoms with E-state index in [1.807, 2.05) is 4.90 Å². The second-order valence-electron chi connectivity index (χ2n) is 8.98. The average Bonchev–Trinajstić information content (AvgIpc) is 3.44. The van der Waals surface area contributed by atoms with Gasteiger partial charge in [-0.3, -0.25) is 4.79 Å². The highest BCUT2D eigenvalue weighted by molar-refractivity contribution is 5.79. The van der Waals surface area contributed by atoms with E-state index in [0.29, 0.717) is 24.8 Å². The number of likely N-dealkylation sites (tertiary alicyclic amines) is 1. The Morgan fingerprint density at radius 3 is 2.57 bits per heavy atom. The van der Waals surface area contributed by atoms with Crippen LogP contribution in [-0.4, -0.2) is 47.3 Å². The van der Waals surface area contributed by atoms with Crippen molar-refractivity contribution in [2.75, 3.05) is 26.3 Å². The fourth-order valence-corrected chi connectivity index (χ4v) is 5.07. The third-order valence-electron chi connectivity index (χ3n) is 6.84. The summed E-state index contributed by atoms with van der Waals surface area (Å²) in [5.74, 6) is 2.95. The van der Waals surface area contributed by atoms with Crippen molar-refractivity contribution in [2.24, 2.45) is 11.8 Å². The van der Waals surface area contributed by atoms with Gasteiger partial charge >= 0.3 is 0 Å². The summed E-state index contributed by atoms with van der Waals surface area (Å²) in [7, 11) is 0. The molecule has 0 bridgehead atoms. The molecule has 1 aromatic heterocycles. The van der Waals surface area contributed by atoms with E-state index in [-0.39, 0.29) is 11.8 Å². The van der Waals surface area contributed by atoms with Crippen LogP contribution in [0.1, 0.15) is 88.3 Å². The number of carbonyl (C=O) groups is 1. The molecular formula is C22H35N3O3. The molecule has 2 heterocycles. The Balaban J connectivity index is 1.21. The molecule has 1 amide bonds. The lowest BCUT2D eigenvalue weighted by molar-refractivity contribution is -0.134. The number of rotatable bonds is 7. The van der Waals surface area contributed by atoms with Crippen LogP contribution in [0.5, 0.6) is 0 Å². The Hall–Kier alpha value is -1.43. The van der Waals surface area contributed by atoms with Gasteiger partial charge in [-0.2, -0.15) is 4.98 Å². The Bertz CT molecular complexity index is 618. The third kappa shape index (κ3) is 5.13. The Morgan fingerprint density at radius 1 is 1.04 bits per heavy atom. The van der Waals surface area contributed by atoms with E-state index in [1.165, 1.54) is 51.4 Å². The summed E-state index contributed by atoms with van der Waals surface area (Å²) >= 11 is 0. The molecule has 1 unspecified atom stereocenters. The smallest absolute Gasteiger partial charge is 0.231 e. The summed E-state index contributed by atoms with van der Waals surface area (Å²) in [6.07, 6.45) is 14.0. The largest absolute Gasteiger partial charge is 0.381 e. The molecule has 0 spiro atoms. The number of ether oxygens (including phenoxy) is 1. The number of hydrogen-bond donors (Lipinski definition) is 0. The van der Waals surface area contributed by atoms with Gasteiger partial charge in [-0.05, 0) is 38.0 Å². The van der Waals surface area contributed by atoms with Crippen molar-refractivity contribution in [1.82, 2.24) is 15.0 Å². The first-order valence-corrected chi connectivity index (χ1v) is 11.5. The number of aromatic nitrogens is 2. The summed E-state index contributed by atoms with van der Waals surface area (Å²) < 4.78 is 11.3. The van der Waals surface area contributed by atoms with E-state index in [0.717, 1.165) is 50.7 Å². The molecule has 6 heteroatoms.